The van der Waals surface area contributed by atoms with E-state index in [-0.39, 0.29) is 17.4 Å². The van der Waals surface area contributed by atoms with Crippen LogP contribution in [-0.4, -0.2) is 11.1 Å². The van der Waals surface area contributed by atoms with Gasteiger partial charge in [0.2, 0.25) is 0 Å². The summed E-state index contributed by atoms with van der Waals surface area (Å²) in [6.45, 7) is 3.71. The van der Waals surface area contributed by atoms with Gasteiger partial charge >= 0.3 is 5.97 Å². The van der Waals surface area contributed by atoms with E-state index in [4.69, 9.17) is 5.11 Å². The molecule has 0 aliphatic rings. The van der Waals surface area contributed by atoms with Crippen molar-refractivity contribution in [2.75, 3.05) is 5.32 Å². The van der Waals surface area contributed by atoms with E-state index in [0.29, 0.717) is 5.56 Å². The molecule has 0 radical (unpaired) electrons. The van der Waals surface area contributed by atoms with Crippen molar-refractivity contribution < 1.29 is 14.3 Å². The maximum atomic E-state index is 12.9. The summed E-state index contributed by atoms with van der Waals surface area (Å²) in [5, 5.41) is 12.4. The molecule has 0 fully saturated rings. The molecule has 2 aromatic carbocycles. The Labute approximate surface area is 117 Å². The van der Waals surface area contributed by atoms with Crippen LogP contribution >= 0.6 is 0 Å². The highest BCUT2D eigenvalue weighted by atomic mass is 19.1. The topological polar surface area (TPSA) is 49.3 Å². The van der Waals surface area contributed by atoms with Crippen molar-refractivity contribution in [3.8, 4) is 0 Å². The van der Waals surface area contributed by atoms with E-state index in [1.807, 2.05) is 13.0 Å². The molecule has 1 atom stereocenters. The zero-order chi connectivity index (χ0) is 14.7. The molecule has 0 aromatic heterocycles. The number of aromatic carboxylic acids is 1. The fourth-order valence-electron chi connectivity index (χ4n) is 2.09. The van der Waals surface area contributed by atoms with Crippen LogP contribution in [0.1, 0.15) is 34.5 Å². The summed E-state index contributed by atoms with van der Waals surface area (Å²) >= 11 is 0. The molecule has 20 heavy (non-hydrogen) atoms. The molecule has 0 saturated heterocycles. The molecule has 0 heterocycles. The summed E-state index contributed by atoms with van der Waals surface area (Å²) in [6.07, 6.45) is 0. The molecule has 0 saturated carbocycles. The van der Waals surface area contributed by atoms with E-state index in [0.717, 1.165) is 11.3 Å². The van der Waals surface area contributed by atoms with Crippen LogP contribution in [0.3, 0.4) is 0 Å². The van der Waals surface area contributed by atoms with Gasteiger partial charge in [-0.3, -0.25) is 0 Å². The number of nitrogens with one attached hydrogen (secondary N) is 1. The van der Waals surface area contributed by atoms with Gasteiger partial charge in [-0.15, -0.1) is 0 Å². The molecule has 0 bridgehead atoms. The Kier molecular flexibility index (Phi) is 4.03. The number of rotatable bonds is 4. The van der Waals surface area contributed by atoms with Crippen molar-refractivity contribution in [3.63, 3.8) is 0 Å². The average molecular weight is 273 g/mol. The van der Waals surface area contributed by atoms with E-state index in [2.05, 4.69) is 5.32 Å². The Hall–Kier alpha value is -2.36. The van der Waals surface area contributed by atoms with Gasteiger partial charge in [0.15, 0.2) is 0 Å². The number of halogens is 1. The first-order chi connectivity index (χ1) is 9.49. The minimum Gasteiger partial charge on any atom is -0.478 e. The van der Waals surface area contributed by atoms with Crippen molar-refractivity contribution in [2.24, 2.45) is 0 Å². The number of hydrogen-bond donors (Lipinski definition) is 2. The van der Waals surface area contributed by atoms with Gasteiger partial charge < -0.3 is 10.4 Å². The Morgan fingerprint density at radius 1 is 1.20 bits per heavy atom. The SMILES string of the molecule is Cc1c(NC(C)c2ccc(F)cc2)cccc1C(=O)O. The first-order valence-corrected chi connectivity index (χ1v) is 6.34. The molecule has 2 aromatic rings. The largest absolute Gasteiger partial charge is 0.478 e. The molecule has 0 spiro atoms. The lowest BCUT2D eigenvalue weighted by molar-refractivity contribution is 0.0696. The predicted molar refractivity (Wildman–Crippen MR) is 76.6 cm³/mol. The summed E-state index contributed by atoms with van der Waals surface area (Å²) in [4.78, 5) is 11.1. The number of carboxylic acids is 1. The summed E-state index contributed by atoms with van der Waals surface area (Å²) in [6, 6.07) is 11.3. The summed E-state index contributed by atoms with van der Waals surface area (Å²) in [7, 11) is 0. The summed E-state index contributed by atoms with van der Waals surface area (Å²) in [5.74, 6) is -1.22. The van der Waals surface area contributed by atoms with Gasteiger partial charge in [-0.1, -0.05) is 18.2 Å². The molecule has 1 unspecified atom stereocenters. The molecular formula is C16H16FNO2. The standard InChI is InChI=1S/C16H16FNO2/c1-10-14(16(19)20)4-3-5-15(10)18-11(2)12-6-8-13(17)9-7-12/h3-9,11,18H,1-2H3,(H,19,20). The second kappa shape index (κ2) is 5.74. The molecular weight excluding hydrogens is 257 g/mol. The van der Waals surface area contributed by atoms with Gasteiger partial charge in [0.1, 0.15) is 5.82 Å². The van der Waals surface area contributed by atoms with E-state index in [1.165, 1.54) is 12.1 Å². The maximum Gasteiger partial charge on any atom is 0.336 e. The number of hydrogen-bond acceptors (Lipinski definition) is 2. The zero-order valence-corrected chi connectivity index (χ0v) is 11.4. The fraction of sp³-hybridized carbons (Fsp3) is 0.188. The Bertz CT molecular complexity index is 623. The van der Waals surface area contributed by atoms with Gasteiger partial charge in [0.25, 0.3) is 0 Å². The Morgan fingerprint density at radius 2 is 1.85 bits per heavy atom. The third kappa shape index (κ3) is 2.96. The van der Waals surface area contributed by atoms with E-state index < -0.39 is 5.97 Å². The summed E-state index contributed by atoms with van der Waals surface area (Å²) in [5.41, 5.74) is 2.67. The number of anilines is 1. The molecule has 0 aliphatic carbocycles. The second-order valence-corrected chi connectivity index (χ2v) is 4.70. The molecule has 2 rings (SSSR count). The monoisotopic (exact) mass is 273 g/mol. The smallest absolute Gasteiger partial charge is 0.336 e. The number of benzene rings is 2. The molecule has 0 amide bonds. The van der Waals surface area contributed by atoms with Gasteiger partial charge in [-0.25, -0.2) is 9.18 Å². The third-order valence-corrected chi connectivity index (χ3v) is 3.31. The van der Waals surface area contributed by atoms with Crippen LogP contribution in [0.4, 0.5) is 10.1 Å². The minimum absolute atomic E-state index is 0.0432. The summed E-state index contributed by atoms with van der Waals surface area (Å²) < 4.78 is 12.9. The predicted octanol–water partition coefficient (Wildman–Crippen LogP) is 4.01. The second-order valence-electron chi connectivity index (χ2n) is 4.70. The Morgan fingerprint density at radius 3 is 2.45 bits per heavy atom. The molecule has 104 valence electrons. The van der Waals surface area contributed by atoms with Crippen LogP contribution < -0.4 is 5.32 Å². The average Bonchev–Trinajstić information content (AvgIpc) is 2.41. The molecule has 0 aliphatic heterocycles. The highest BCUT2D eigenvalue weighted by Crippen LogP contribution is 2.24. The van der Waals surface area contributed by atoms with Crippen molar-refractivity contribution in [3.05, 3.63) is 65.0 Å². The lowest BCUT2D eigenvalue weighted by Gasteiger charge is -2.18. The van der Waals surface area contributed by atoms with Crippen molar-refractivity contribution in [1.82, 2.24) is 0 Å². The maximum absolute atomic E-state index is 12.9. The lowest BCUT2D eigenvalue weighted by atomic mass is 10.0. The van der Waals surface area contributed by atoms with E-state index >= 15 is 0 Å². The van der Waals surface area contributed by atoms with E-state index in [1.54, 1.807) is 31.2 Å². The van der Waals surface area contributed by atoms with Crippen molar-refractivity contribution in [1.29, 1.82) is 0 Å². The number of carboxylic acid groups (broad SMARTS) is 1. The van der Waals surface area contributed by atoms with Crippen LogP contribution in [0.25, 0.3) is 0 Å². The normalized spacial score (nSPS) is 11.9. The first kappa shape index (κ1) is 14.1. The minimum atomic E-state index is -0.944. The third-order valence-electron chi connectivity index (χ3n) is 3.31. The fourth-order valence-corrected chi connectivity index (χ4v) is 2.09. The number of carbonyl (C=O) groups is 1. The highest BCUT2D eigenvalue weighted by Gasteiger charge is 2.12. The van der Waals surface area contributed by atoms with Crippen molar-refractivity contribution in [2.45, 2.75) is 19.9 Å². The van der Waals surface area contributed by atoms with Crippen LogP contribution in [0.15, 0.2) is 42.5 Å². The first-order valence-electron chi connectivity index (χ1n) is 6.34. The van der Waals surface area contributed by atoms with Crippen molar-refractivity contribution >= 4 is 11.7 Å². The quantitative estimate of drug-likeness (QED) is 0.885. The lowest BCUT2D eigenvalue weighted by Crippen LogP contribution is -2.10. The van der Waals surface area contributed by atoms with Gasteiger partial charge in [0.05, 0.1) is 5.56 Å². The van der Waals surface area contributed by atoms with E-state index in [9.17, 15) is 9.18 Å². The van der Waals surface area contributed by atoms with Gasteiger partial charge in [-0.2, -0.15) is 0 Å². The molecule has 4 heteroatoms. The molecule has 3 nitrogen and oxygen atoms in total. The Balaban J connectivity index is 2.23. The van der Waals surface area contributed by atoms with Gasteiger partial charge in [-0.05, 0) is 49.2 Å². The van der Waals surface area contributed by atoms with Crippen LogP contribution in [-0.2, 0) is 0 Å². The van der Waals surface area contributed by atoms with Crippen LogP contribution in [0, 0.1) is 12.7 Å². The molecule has 2 N–H and O–H groups in total. The highest BCUT2D eigenvalue weighted by molar-refractivity contribution is 5.91. The van der Waals surface area contributed by atoms with Crippen LogP contribution in [0.5, 0.6) is 0 Å². The van der Waals surface area contributed by atoms with Crippen LogP contribution in [0.2, 0.25) is 0 Å². The zero-order valence-electron chi connectivity index (χ0n) is 11.4. The van der Waals surface area contributed by atoms with Gasteiger partial charge in [0, 0.05) is 11.7 Å².